The van der Waals surface area contributed by atoms with Gasteiger partial charge >= 0.3 is 0 Å². The van der Waals surface area contributed by atoms with E-state index in [4.69, 9.17) is 0 Å². The zero-order valence-corrected chi connectivity index (χ0v) is 12.8. The van der Waals surface area contributed by atoms with Gasteiger partial charge in [0.1, 0.15) is 5.82 Å². The molecular formula is C18H17FN2O2. The Morgan fingerprint density at radius 2 is 1.83 bits per heavy atom. The van der Waals surface area contributed by atoms with Crippen molar-refractivity contribution in [3.8, 4) is 0 Å². The van der Waals surface area contributed by atoms with E-state index in [2.05, 4.69) is 5.32 Å². The fraction of sp³-hybridized carbons (Fsp3) is 0.222. The van der Waals surface area contributed by atoms with Gasteiger partial charge < -0.3 is 5.32 Å². The third-order valence-corrected chi connectivity index (χ3v) is 3.94. The first-order valence-corrected chi connectivity index (χ1v) is 7.46. The van der Waals surface area contributed by atoms with Crippen LogP contribution in [0.15, 0.2) is 48.5 Å². The van der Waals surface area contributed by atoms with Crippen molar-refractivity contribution >= 4 is 17.5 Å². The molecule has 1 fully saturated rings. The van der Waals surface area contributed by atoms with Gasteiger partial charge in [0.15, 0.2) is 0 Å². The first-order valence-electron chi connectivity index (χ1n) is 7.46. The second-order valence-corrected chi connectivity index (χ2v) is 5.63. The van der Waals surface area contributed by atoms with Crippen LogP contribution in [0.2, 0.25) is 0 Å². The zero-order chi connectivity index (χ0) is 16.4. The summed E-state index contributed by atoms with van der Waals surface area (Å²) in [5, 5.41) is 2.98. The maximum absolute atomic E-state index is 13.6. The molecule has 1 N–H and O–H groups in total. The zero-order valence-electron chi connectivity index (χ0n) is 12.8. The highest BCUT2D eigenvalue weighted by Gasteiger charge is 2.39. The molecule has 1 aliphatic heterocycles. The predicted molar refractivity (Wildman–Crippen MR) is 85.3 cm³/mol. The lowest BCUT2D eigenvalue weighted by atomic mass is 10.2. The third kappa shape index (κ3) is 3.14. The van der Waals surface area contributed by atoms with Gasteiger partial charge in [0.2, 0.25) is 5.91 Å². The monoisotopic (exact) mass is 312 g/mol. The molecule has 23 heavy (non-hydrogen) atoms. The normalized spacial score (nSPS) is 17.8. The average molecular weight is 312 g/mol. The molecule has 0 spiro atoms. The van der Waals surface area contributed by atoms with Gasteiger partial charge in [-0.2, -0.15) is 0 Å². The van der Waals surface area contributed by atoms with Gasteiger partial charge in [-0.3, -0.25) is 9.59 Å². The van der Waals surface area contributed by atoms with E-state index in [0.717, 1.165) is 5.56 Å². The molecule has 2 aromatic carbocycles. The quantitative estimate of drug-likeness (QED) is 0.883. The van der Waals surface area contributed by atoms with Crippen molar-refractivity contribution in [2.24, 2.45) is 0 Å². The Balaban J connectivity index is 1.71. The number of aryl methyl sites for hydroxylation is 1. The van der Waals surface area contributed by atoms with Crippen LogP contribution in [0, 0.1) is 12.7 Å². The average Bonchev–Trinajstić information content (AvgIpc) is 2.82. The van der Waals surface area contributed by atoms with E-state index in [9.17, 15) is 14.0 Å². The summed E-state index contributed by atoms with van der Waals surface area (Å²) in [5.41, 5.74) is 2.10. The van der Waals surface area contributed by atoms with Gasteiger partial charge in [-0.1, -0.05) is 35.9 Å². The van der Waals surface area contributed by atoms with Crippen molar-refractivity contribution < 1.29 is 14.0 Å². The summed E-state index contributed by atoms with van der Waals surface area (Å²) in [6.07, 6.45) is 0.0845. The molecule has 0 aromatic heterocycles. The minimum absolute atomic E-state index is 0.0845. The Bertz CT molecular complexity index is 743. The summed E-state index contributed by atoms with van der Waals surface area (Å²) >= 11 is 0. The Labute approximate surface area is 133 Å². The van der Waals surface area contributed by atoms with Crippen molar-refractivity contribution in [1.29, 1.82) is 0 Å². The number of amides is 2. The lowest BCUT2D eigenvalue weighted by Crippen LogP contribution is -2.38. The van der Waals surface area contributed by atoms with Crippen LogP contribution in [0.1, 0.15) is 17.5 Å². The van der Waals surface area contributed by atoms with Crippen LogP contribution in [0.25, 0.3) is 0 Å². The molecular weight excluding hydrogens is 295 g/mol. The van der Waals surface area contributed by atoms with Crippen LogP contribution in [-0.4, -0.2) is 17.9 Å². The molecule has 1 aliphatic rings. The van der Waals surface area contributed by atoms with Crippen molar-refractivity contribution in [2.45, 2.75) is 25.9 Å². The number of hydrogen-bond donors (Lipinski definition) is 1. The van der Waals surface area contributed by atoms with E-state index >= 15 is 0 Å². The lowest BCUT2D eigenvalue weighted by molar-refractivity contribution is -0.121. The minimum Gasteiger partial charge on any atom is -0.301 e. The van der Waals surface area contributed by atoms with Crippen LogP contribution in [0.3, 0.4) is 0 Å². The molecule has 2 aromatic rings. The molecule has 1 heterocycles. The van der Waals surface area contributed by atoms with Crippen molar-refractivity contribution in [2.75, 3.05) is 4.90 Å². The second-order valence-electron chi connectivity index (χ2n) is 5.63. The van der Waals surface area contributed by atoms with Crippen LogP contribution in [-0.2, 0) is 16.1 Å². The van der Waals surface area contributed by atoms with Gasteiger partial charge in [-0.15, -0.1) is 0 Å². The molecule has 0 unspecified atom stereocenters. The summed E-state index contributed by atoms with van der Waals surface area (Å²) in [6, 6.07) is 13.0. The van der Waals surface area contributed by atoms with E-state index < -0.39 is 6.04 Å². The molecule has 0 radical (unpaired) electrons. The fourth-order valence-corrected chi connectivity index (χ4v) is 2.63. The van der Waals surface area contributed by atoms with Gasteiger partial charge in [-0.25, -0.2) is 9.29 Å². The standard InChI is InChI=1S/C18H17FN2O2/c1-12-6-8-14(9-7-12)21-17(22)10-16(18(21)23)20-11-13-4-2-3-5-15(13)19/h2-9,16,20H,10-11H2,1H3/t16-/m1/s1. The Morgan fingerprint density at radius 3 is 2.52 bits per heavy atom. The van der Waals surface area contributed by atoms with Crippen molar-refractivity contribution in [3.63, 3.8) is 0 Å². The number of carbonyl (C=O) groups excluding carboxylic acids is 2. The Hall–Kier alpha value is -2.53. The van der Waals surface area contributed by atoms with Gasteiger partial charge in [-0.05, 0) is 25.1 Å². The number of nitrogens with one attached hydrogen (secondary N) is 1. The van der Waals surface area contributed by atoms with E-state index in [1.54, 1.807) is 30.3 Å². The van der Waals surface area contributed by atoms with E-state index in [0.29, 0.717) is 11.3 Å². The Kier molecular flexibility index (Phi) is 4.21. The molecule has 1 atom stereocenters. The van der Waals surface area contributed by atoms with Crippen LogP contribution in [0.5, 0.6) is 0 Å². The number of carbonyl (C=O) groups is 2. The molecule has 0 bridgehead atoms. The van der Waals surface area contributed by atoms with Crippen LogP contribution in [0.4, 0.5) is 10.1 Å². The molecule has 0 aliphatic carbocycles. The molecule has 0 saturated carbocycles. The summed E-state index contributed by atoms with van der Waals surface area (Å²) in [4.78, 5) is 25.8. The highest BCUT2D eigenvalue weighted by Crippen LogP contribution is 2.23. The second kappa shape index (κ2) is 6.30. The Morgan fingerprint density at radius 1 is 1.13 bits per heavy atom. The number of benzene rings is 2. The van der Waals surface area contributed by atoms with E-state index in [-0.39, 0.29) is 30.6 Å². The third-order valence-electron chi connectivity index (χ3n) is 3.94. The van der Waals surface area contributed by atoms with E-state index in [1.165, 1.54) is 11.0 Å². The van der Waals surface area contributed by atoms with Crippen molar-refractivity contribution in [1.82, 2.24) is 5.32 Å². The summed E-state index contributed by atoms with van der Waals surface area (Å²) in [7, 11) is 0. The molecule has 3 rings (SSSR count). The first kappa shape index (κ1) is 15.4. The molecule has 118 valence electrons. The van der Waals surface area contributed by atoms with E-state index in [1.807, 2.05) is 19.1 Å². The van der Waals surface area contributed by atoms with Gasteiger partial charge in [0.05, 0.1) is 18.2 Å². The first-order chi connectivity index (χ1) is 11.1. The van der Waals surface area contributed by atoms with Crippen molar-refractivity contribution in [3.05, 3.63) is 65.5 Å². The number of hydrogen-bond acceptors (Lipinski definition) is 3. The van der Waals surface area contributed by atoms with Crippen LogP contribution < -0.4 is 10.2 Å². The molecule has 1 saturated heterocycles. The largest absolute Gasteiger partial charge is 0.301 e. The number of nitrogens with zero attached hydrogens (tertiary/aromatic N) is 1. The topological polar surface area (TPSA) is 49.4 Å². The lowest BCUT2D eigenvalue weighted by Gasteiger charge is -2.16. The SMILES string of the molecule is Cc1ccc(N2C(=O)C[C@@H](NCc3ccccc3F)C2=O)cc1. The fourth-order valence-electron chi connectivity index (χ4n) is 2.63. The maximum Gasteiger partial charge on any atom is 0.251 e. The predicted octanol–water partition coefficient (Wildman–Crippen LogP) is 2.56. The molecule has 5 heteroatoms. The molecule has 4 nitrogen and oxygen atoms in total. The summed E-state index contributed by atoms with van der Waals surface area (Å²) in [5.74, 6) is -0.868. The van der Waals surface area contributed by atoms with Gasteiger partial charge in [0.25, 0.3) is 5.91 Å². The van der Waals surface area contributed by atoms with Gasteiger partial charge in [0, 0.05) is 12.1 Å². The highest BCUT2D eigenvalue weighted by molar-refractivity contribution is 6.22. The smallest absolute Gasteiger partial charge is 0.251 e. The number of anilines is 1. The number of halogens is 1. The summed E-state index contributed by atoms with van der Waals surface area (Å²) in [6.45, 7) is 2.15. The molecule has 2 amide bonds. The highest BCUT2D eigenvalue weighted by atomic mass is 19.1. The van der Waals surface area contributed by atoms with Crippen LogP contribution >= 0.6 is 0 Å². The minimum atomic E-state index is -0.622. The maximum atomic E-state index is 13.6. The number of imide groups is 1. The summed E-state index contributed by atoms with van der Waals surface area (Å²) < 4.78 is 13.6. The number of rotatable bonds is 4.